The molecular formula is C20H27Cl. The zero-order valence-corrected chi connectivity index (χ0v) is 13.7. The van der Waals surface area contributed by atoms with Crippen LogP contribution in [0.4, 0.5) is 0 Å². The van der Waals surface area contributed by atoms with Gasteiger partial charge in [-0.2, -0.15) is 0 Å². The van der Waals surface area contributed by atoms with Crippen molar-refractivity contribution in [3.8, 4) is 0 Å². The maximum Gasteiger partial charge on any atom is 0.0430 e. The van der Waals surface area contributed by atoms with Gasteiger partial charge in [-0.15, -0.1) is 11.6 Å². The summed E-state index contributed by atoms with van der Waals surface area (Å²) in [5.74, 6) is 7.87. The molecule has 0 nitrogen and oxygen atoms in total. The first-order valence-corrected chi connectivity index (χ1v) is 10.1. The van der Waals surface area contributed by atoms with Crippen molar-refractivity contribution in [3.05, 3.63) is 11.1 Å². The molecule has 0 heterocycles. The fourth-order valence-electron chi connectivity index (χ4n) is 8.22. The highest BCUT2D eigenvalue weighted by atomic mass is 35.5. The van der Waals surface area contributed by atoms with Crippen LogP contribution in [0, 0.1) is 47.3 Å². The highest BCUT2D eigenvalue weighted by molar-refractivity contribution is 6.21. The van der Waals surface area contributed by atoms with Crippen molar-refractivity contribution in [2.75, 3.05) is 0 Å². The van der Waals surface area contributed by atoms with E-state index in [1.807, 2.05) is 11.1 Å². The van der Waals surface area contributed by atoms with E-state index in [0.29, 0.717) is 5.38 Å². The van der Waals surface area contributed by atoms with Crippen LogP contribution in [-0.4, -0.2) is 5.38 Å². The largest absolute Gasteiger partial charge is 0.122 e. The first-order valence-electron chi connectivity index (χ1n) is 9.64. The van der Waals surface area contributed by atoms with Crippen LogP contribution in [0.5, 0.6) is 0 Å². The van der Waals surface area contributed by atoms with Gasteiger partial charge in [-0.3, -0.25) is 0 Å². The summed E-state index contributed by atoms with van der Waals surface area (Å²) in [6, 6.07) is 0. The molecule has 21 heavy (non-hydrogen) atoms. The van der Waals surface area contributed by atoms with Gasteiger partial charge in [-0.1, -0.05) is 11.1 Å². The molecule has 0 N–H and O–H groups in total. The maximum absolute atomic E-state index is 6.94. The molecule has 8 aliphatic rings. The zero-order valence-electron chi connectivity index (χ0n) is 12.9. The minimum atomic E-state index is 0.498. The lowest BCUT2D eigenvalue weighted by molar-refractivity contribution is 0.0438. The summed E-state index contributed by atoms with van der Waals surface area (Å²) in [5, 5.41) is 0.498. The molecule has 0 spiro atoms. The molecule has 1 heteroatoms. The third kappa shape index (κ3) is 1.59. The van der Waals surface area contributed by atoms with Crippen molar-refractivity contribution < 1.29 is 0 Å². The van der Waals surface area contributed by atoms with Crippen molar-refractivity contribution in [1.29, 1.82) is 0 Å². The van der Waals surface area contributed by atoms with Gasteiger partial charge in [0.05, 0.1) is 0 Å². The lowest BCUT2D eigenvalue weighted by atomic mass is 9.48. The number of halogens is 1. The van der Waals surface area contributed by atoms with Gasteiger partial charge in [0.1, 0.15) is 0 Å². The number of allylic oxidation sites excluding steroid dienone is 2. The van der Waals surface area contributed by atoms with Crippen LogP contribution in [-0.2, 0) is 0 Å². The molecule has 0 aromatic heterocycles. The fraction of sp³-hybridized carbons (Fsp3) is 0.900. The molecule has 8 saturated carbocycles. The topological polar surface area (TPSA) is 0 Å². The molecule has 0 aromatic carbocycles. The maximum atomic E-state index is 6.94. The number of alkyl halides is 1. The van der Waals surface area contributed by atoms with Crippen molar-refractivity contribution in [2.24, 2.45) is 47.3 Å². The summed E-state index contributed by atoms with van der Waals surface area (Å²) < 4.78 is 0. The minimum absolute atomic E-state index is 0.498. The van der Waals surface area contributed by atoms with Crippen LogP contribution in [0.15, 0.2) is 11.1 Å². The van der Waals surface area contributed by atoms with Crippen LogP contribution in [0.1, 0.15) is 57.8 Å². The van der Waals surface area contributed by atoms with Gasteiger partial charge >= 0.3 is 0 Å². The third-order valence-corrected chi connectivity index (χ3v) is 9.11. The molecule has 0 saturated heterocycles. The Balaban J connectivity index is 1.47. The van der Waals surface area contributed by atoms with E-state index in [1.165, 1.54) is 25.7 Å². The average molecular weight is 303 g/mol. The molecule has 0 aromatic rings. The Hall–Kier alpha value is 0.0300. The molecule has 0 amide bonds. The van der Waals surface area contributed by atoms with Gasteiger partial charge in [-0.05, 0) is 105 Å². The molecule has 0 radical (unpaired) electrons. The SMILES string of the molecule is ClC1[C@@H]2C[C@H]3C[C@@H](C2)C(=C2C4CC5CC(C4)CC2C5)[C@@H]1C3. The van der Waals surface area contributed by atoms with E-state index in [4.69, 9.17) is 11.6 Å². The van der Waals surface area contributed by atoms with Crippen molar-refractivity contribution in [3.63, 3.8) is 0 Å². The first-order chi connectivity index (χ1) is 10.3. The Morgan fingerprint density at radius 1 is 0.571 bits per heavy atom. The molecule has 1 unspecified atom stereocenters. The molecule has 8 aliphatic carbocycles. The second-order valence-corrected chi connectivity index (χ2v) is 10.0. The third-order valence-electron chi connectivity index (χ3n) is 8.45. The number of hydrogen-bond acceptors (Lipinski definition) is 0. The lowest BCUT2D eigenvalue weighted by Crippen LogP contribution is -2.50. The molecule has 8 rings (SSSR count). The van der Waals surface area contributed by atoms with Crippen molar-refractivity contribution in [1.82, 2.24) is 0 Å². The standard InChI is InChI=1S/C20H27Cl/c21-20-16-7-12-6-15(9-16)19(17(20)8-12)18-13-2-10-1-11(4-13)5-14(18)3-10/h10-17,20H,1-9H2/t10?,11?,12-,13?,14?,15+,16-,17+,20?/m1/s1. The second kappa shape index (κ2) is 4.11. The number of hydrogen-bond donors (Lipinski definition) is 0. The van der Waals surface area contributed by atoms with Crippen LogP contribution in [0.3, 0.4) is 0 Å². The minimum Gasteiger partial charge on any atom is -0.122 e. The van der Waals surface area contributed by atoms with E-state index in [-0.39, 0.29) is 0 Å². The Kier molecular flexibility index (Phi) is 2.43. The Morgan fingerprint density at radius 2 is 1.14 bits per heavy atom. The molecular weight excluding hydrogens is 276 g/mol. The van der Waals surface area contributed by atoms with Crippen molar-refractivity contribution >= 4 is 11.6 Å². The van der Waals surface area contributed by atoms with Crippen molar-refractivity contribution in [2.45, 2.75) is 63.2 Å². The van der Waals surface area contributed by atoms with E-state index in [1.54, 1.807) is 32.1 Å². The Bertz CT molecular complexity index is 488. The quantitative estimate of drug-likeness (QED) is 0.414. The van der Waals surface area contributed by atoms with E-state index < -0.39 is 0 Å². The van der Waals surface area contributed by atoms with Gasteiger partial charge in [0.2, 0.25) is 0 Å². The summed E-state index contributed by atoms with van der Waals surface area (Å²) in [5.41, 5.74) is 3.98. The van der Waals surface area contributed by atoms with Crippen LogP contribution in [0.2, 0.25) is 0 Å². The number of rotatable bonds is 0. The summed E-state index contributed by atoms with van der Waals surface area (Å²) in [7, 11) is 0. The summed E-state index contributed by atoms with van der Waals surface area (Å²) in [4.78, 5) is 0. The summed E-state index contributed by atoms with van der Waals surface area (Å²) >= 11 is 6.94. The van der Waals surface area contributed by atoms with Crippen LogP contribution >= 0.6 is 11.6 Å². The molecule has 0 aliphatic heterocycles. The lowest BCUT2D eigenvalue weighted by Gasteiger charge is -2.59. The Morgan fingerprint density at radius 3 is 1.81 bits per heavy atom. The molecule has 8 bridgehead atoms. The van der Waals surface area contributed by atoms with E-state index in [2.05, 4.69) is 0 Å². The van der Waals surface area contributed by atoms with Crippen LogP contribution in [0.25, 0.3) is 0 Å². The Labute approximate surface area is 133 Å². The summed E-state index contributed by atoms with van der Waals surface area (Å²) in [6.07, 6.45) is 13.7. The second-order valence-electron chi connectivity index (χ2n) is 9.53. The average Bonchev–Trinajstić information content (AvgIpc) is 2.45. The van der Waals surface area contributed by atoms with Gasteiger partial charge < -0.3 is 0 Å². The van der Waals surface area contributed by atoms with Gasteiger partial charge in [-0.25, -0.2) is 0 Å². The highest BCUT2D eigenvalue weighted by Crippen LogP contribution is 2.64. The van der Waals surface area contributed by atoms with Gasteiger partial charge in [0.15, 0.2) is 0 Å². The molecule has 114 valence electrons. The monoisotopic (exact) mass is 302 g/mol. The smallest absolute Gasteiger partial charge is 0.0430 e. The fourth-order valence-corrected chi connectivity index (χ4v) is 8.67. The van der Waals surface area contributed by atoms with Gasteiger partial charge in [0.25, 0.3) is 0 Å². The normalized spacial score (nSPS) is 60.1. The summed E-state index contributed by atoms with van der Waals surface area (Å²) in [6.45, 7) is 0. The van der Waals surface area contributed by atoms with E-state index in [0.717, 1.165) is 47.3 Å². The molecule has 5 atom stereocenters. The van der Waals surface area contributed by atoms with E-state index in [9.17, 15) is 0 Å². The van der Waals surface area contributed by atoms with Gasteiger partial charge in [0, 0.05) is 5.38 Å². The highest BCUT2D eigenvalue weighted by Gasteiger charge is 2.54. The first kappa shape index (κ1) is 12.5. The molecule has 8 fully saturated rings. The predicted molar refractivity (Wildman–Crippen MR) is 86.1 cm³/mol. The van der Waals surface area contributed by atoms with Crippen LogP contribution < -0.4 is 0 Å². The zero-order chi connectivity index (χ0) is 13.7. The predicted octanol–water partition coefficient (Wildman–Crippen LogP) is 5.41. The van der Waals surface area contributed by atoms with E-state index >= 15 is 0 Å².